The van der Waals surface area contributed by atoms with E-state index in [1.165, 1.54) is 0 Å². The van der Waals surface area contributed by atoms with E-state index < -0.39 is 7.25 Å². The third-order valence-electron chi connectivity index (χ3n) is 0. The van der Waals surface area contributed by atoms with Crippen LogP contribution >= 0.6 is 0 Å². The van der Waals surface area contributed by atoms with Gasteiger partial charge in [0.05, 0.1) is 0 Å². The average Bonchev–Trinajstić information content (AvgIpc) is 0.722. The summed E-state index contributed by atoms with van der Waals surface area (Å²) in [5.41, 5.74) is 0. The van der Waals surface area contributed by atoms with Crippen LogP contribution in [0.25, 0.3) is 0 Å². The summed E-state index contributed by atoms with van der Waals surface area (Å²) in [6.45, 7) is 0. The van der Waals surface area contributed by atoms with Crippen molar-refractivity contribution in [2.75, 3.05) is 0 Å². The first-order chi connectivity index (χ1) is 2.00. The van der Waals surface area contributed by atoms with Gasteiger partial charge in [-0.15, -0.1) is 0 Å². The molecule has 0 N–H and O–H groups in total. The average molecular weight is 268 g/mol. The molecule has 0 aromatic heterocycles. The van der Waals surface area contributed by atoms with Gasteiger partial charge in [-0.05, 0) is 0 Å². The minimum absolute atomic E-state index is 0. The van der Waals surface area contributed by atoms with Crippen molar-refractivity contribution in [1.29, 1.82) is 0 Å². The molecule has 1 radical (unpaired) electrons. The van der Waals surface area contributed by atoms with Crippen molar-refractivity contribution in [3.63, 3.8) is 0 Å². The normalized spacial score (nSPS) is 10.0. The number of hydrogen-bond donors (Lipinski definition) is 0. The van der Waals surface area contributed by atoms with Crippen LogP contribution in [-0.2, 0) is 22.4 Å². The van der Waals surface area contributed by atoms with Crippen molar-refractivity contribution in [3.8, 4) is 0 Å². The van der Waals surface area contributed by atoms with Gasteiger partial charge in [0.1, 0.15) is 0 Å². The molecule has 0 saturated carbocycles. The minimum atomic E-state index is -6.00. The Morgan fingerprint density at radius 1 is 0.833 bits per heavy atom. The number of halogens is 4. The molecule has 0 rings (SSSR count). The molecule has 0 aliphatic heterocycles. The monoisotopic (exact) mass is 268 g/mol. The van der Waals surface area contributed by atoms with Gasteiger partial charge in [-0.1, -0.05) is 0 Å². The van der Waals surface area contributed by atoms with Gasteiger partial charge in [0.15, 0.2) is 0 Å². The van der Waals surface area contributed by atoms with Crippen LogP contribution in [0.1, 0.15) is 0 Å². The Morgan fingerprint density at radius 2 is 0.833 bits per heavy atom. The maximum Gasteiger partial charge on any atom is 0.673 e. The van der Waals surface area contributed by atoms with Gasteiger partial charge < -0.3 is 17.3 Å². The summed E-state index contributed by atoms with van der Waals surface area (Å²) in [6.07, 6.45) is 0. The summed E-state index contributed by atoms with van der Waals surface area (Å²) in [5, 5.41) is 0. The smallest absolute Gasteiger partial charge is 0.418 e. The van der Waals surface area contributed by atoms with Gasteiger partial charge in [0.25, 0.3) is 0 Å². The van der Waals surface area contributed by atoms with Crippen LogP contribution in [0.2, 0.25) is 0 Å². The van der Waals surface area contributed by atoms with E-state index in [0.717, 1.165) is 0 Å². The maximum absolute atomic E-state index is 9.75. The van der Waals surface area contributed by atoms with Crippen LogP contribution in [0.4, 0.5) is 17.3 Å². The molecule has 0 amide bonds. The molecule has 6 heteroatoms. The quantitative estimate of drug-likeness (QED) is 0.458. The van der Waals surface area contributed by atoms with Crippen molar-refractivity contribution >= 4 is 7.25 Å². The van der Waals surface area contributed by atoms with Crippen molar-refractivity contribution in [2.24, 2.45) is 0 Å². The van der Waals surface area contributed by atoms with Gasteiger partial charge in [0, 0.05) is 22.4 Å². The molecule has 0 nitrogen and oxygen atoms in total. The molecule has 0 aliphatic rings. The Bertz CT molecular complexity index is 23.0. The molecule has 6 heavy (non-hydrogen) atoms. The summed E-state index contributed by atoms with van der Waals surface area (Å²) in [7, 11) is -6.00. The third-order valence-corrected chi connectivity index (χ3v) is 0. The minimum Gasteiger partial charge on any atom is -0.418 e. The molecule has 0 bridgehead atoms. The largest absolute Gasteiger partial charge is 0.673 e. The van der Waals surface area contributed by atoms with Gasteiger partial charge in [-0.25, -0.2) is 0 Å². The van der Waals surface area contributed by atoms with Crippen LogP contribution < -0.4 is 0 Å². The van der Waals surface area contributed by atoms with Crippen molar-refractivity contribution < 1.29 is 39.6 Å². The molecule has 0 unspecified atom stereocenters. The summed E-state index contributed by atoms with van der Waals surface area (Å²) in [4.78, 5) is 0. The summed E-state index contributed by atoms with van der Waals surface area (Å²) in [6, 6.07) is 0. The van der Waals surface area contributed by atoms with E-state index >= 15 is 0 Å². The van der Waals surface area contributed by atoms with Gasteiger partial charge in [-0.2, -0.15) is 0 Å². The zero-order valence-corrected chi connectivity index (χ0v) is 5.75. The fourth-order valence-corrected chi connectivity index (χ4v) is 0. The molecular formula is BF4Ta-. The standard InChI is InChI=1S/BF4.Ta/c2-1(3,4)5;/q-1;. The Kier molecular flexibility index (Phi) is 4.31. The molecule has 0 aromatic rings. The number of hydrogen-bond acceptors (Lipinski definition) is 0. The fourth-order valence-electron chi connectivity index (χ4n) is 0. The molecule has 0 aromatic carbocycles. The Balaban J connectivity index is 0. The Hall–Kier alpha value is 0.525. The zero-order valence-electron chi connectivity index (χ0n) is 2.54. The SMILES string of the molecule is F[B-](F)(F)F.[Ta]. The fraction of sp³-hybridized carbons (Fsp3) is 0. The Morgan fingerprint density at radius 3 is 0.833 bits per heavy atom. The maximum atomic E-state index is 9.75. The molecule has 37 valence electrons. The first-order valence-electron chi connectivity index (χ1n) is 0.873. The second-order valence-electron chi connectivity index (χ2n) is 0.495. The molecule has 0 heterocycles. The second-order valence-corrected chi connectivity index (χ2v) is 0.495. The molecular weight excluding hydrogens is 268 g/mol. The van der Waals surface area contributed by atoms with E-state index in [4.69, 9.17) is 0 Å². The van der Waals surface area contributed by atoms with Crippen LogP contribution in [-0.4, -0.2) is 7.25 Å². The van der Waals surface area contributed by atoms with Gasteiger partial charge in [-0.3, -0.25) is 0 Å². The summed E-state index contributed by atoms with van der Waals surface area (Å²) in [5.74, 6) is 0. The van der Waals surface area contributed by atoms with Crippen LogP contribution in [0.3, 0.4) is 0 Å². The first-order valence-corrected chi connectivity index (χ1v) is 0.873. The Labute approximate surface area is 47.5 Å². The predicted octanol–water partition coefficient (Wildman–Crippen LogP) is 1.30. The molecule has 0 fully saturated rings. The number of rotatable bonds is 0. The van der Waals surface area contributed by atoms with Crippen molar-refractivity contribution in [1.82, 2.24) is 0 Å². The summed E-state index contributed by atoms with van der Waals surface area (Å²) < 4.78 is 39.0. The molecule has 0 aliphatic carbocycles. The third kappa shape index (κ3) is 204. The topological polar surface area (TPSA) is 0 Å². The van der Waals surface area contributed by atoms with E-state index in [0.29, 0.717) is 0 Å². The van der Waals surface area contributed by atoms with Crippen LogP contribution in [0.15, 0.2) is 0 Å². The van der Waals surface area contributed by atoms with Crippen LogP contribution in [0, 0.1) is 0 Å². The first kappa shape index (κ1) is 9.73. The second kappa shape index (κ2) is 2.66. The zero-order chi connectivity index (χ0) is 4.50. The van der Waals surface area contributed by atoms with E-state index in [2.05, 4.69) is 0 Å². The van der Waals surface area contributed by atoms with E-state index in [1.807, 2.05) is 0 Å². The molecule has 0 spiro atoms. The molecule has 0 saturated heterocycles. The predicted molar refractivity (Wildman–Crippen MR) is 10.2 cm³/mol. The van der Waals surface area contributed by atoms with E-state index in [9.17, 15) is 17.3 Å². The van der Waals surface area contributed by atoms with Gasteiger partial charge >= 0.3 is 7.25 Å². The van der Waals surface area contributed by atoms with Crippen molar-refractivity contribution in [2.45, 2.75) is 0 Å². The van der Waals surface area contributed by atoms with Crippen LogP contribution in [0.5, 0.6) is 0 Å². The van der Waals surface area contributed by atoms with E-state index in [1.54, 1.807) is 0 Å². The van der Waals surface area contributed by atoms with E-state index in [-0.39, 0.29) is 22.4 Å². The summed E-state index contributed by atoms with van der Waals surface area (Å²) >= 11 is 0. The van der Waals surface area contributed by atoms with Gasteiger partial charge in [0.2, 0.25) is 0 Å². The molecule has 0 atom stereocenters. The van der Waals surface area contributed by atoms with Crippen molar-refractivity contribution in [3.05, 3.63) is 0 Å².